The van der Waals surface area contributed by atoms with Crippen molar-refractivity contribution >= 4 is 10.8 Å². The van der Waals surface area contributed by atoms with E-state index in [1.807, 2.05) is 6.08 Å². The van der Waals surface area contributed by atoms with Crippen LogP contribution < -0.4 is 4.74 Å². The Morgan fingerprint density at radius 2 is 1.47 bits per heavy atom. The number of hydrogen-bond donors (Lipinski definition) is 0. The normalized spacial score (nSPS) is 16.9. The van der Waals surface area contributed by atoms with Gasteiger partial charge in [0.1, 0.15) is 40.4 Å². The van der Waals surface area contributed by atoms with E-state index in [2.05, 4.69) is 11.3 Å². The maximum atomic E-state index is 15.1. The molecule has 1 aliphatic rings. The summed E-state index contributed by atoms with van der Waals surface area (Å²) < 4.78 is 146. The zero-order valence-electron chi connectivity index (χ0n) is 24.6. The smallest absolute Gasteiger partial charge is 0.429 e. The second-order valence-electron chi connectivity index (χ2n) is 11.4. The van der Waals surface area contributed by atoms with Crippen molar-refractivity contribution in [2.24, 2.45) is 5.92 Å². The summed E-state index contributed by atoms with van der Waals surface area (Å²) >= 11 is 0. The molecule has 0 heterocycles. The number of alkyl halides is 5. The molecule has 11 heteroatoms. The van der Waals surface area contributed by atoms with Gasteiger partial charge in [0.05, 0.1) is 5.56 Å². The third-order valence-electron chi connectivity index (χ3n) is 8.31. The van der Waals surface area contributed by atoms with Gasteiger partial charge in [0.15, 0.2) is 0 Å². The third kappa shape index (κ3) is 7.58. The highest BCUT2D eigenvalue weighted by Crippen LogP contribution is 2.41. The Morgan fingerprint density at radius 3 is 2.09 bits per heavy atom. The van der Waals surface area contributed by atoms with Crippen LogP contribution in [0.1, 0.15) is 61.1 Å². The zero-order valence-corrected chi connectivity index (χ0v) is 24.6. The summed E-state index contributed by atoms with van der Waals surface area (Å²) in [5, 5.41) is -0.440. The van der Waals surface area contributed by atoms with Crippen molar-refractivity contribution in [1.82, 2.24) is 0 Å². The molecule has 0 saturated heterocycles. The molecule has 0 aliphatic heterocycles. The van der Waals surface area contributed by atoms with Crippen LogP contribution in [-0.2, 0) is 6.11 Å². The van der Waals surface area contributed by atoms with E-state index in [1.165, 1.54) is 12.0 Å². The van der Waals surface area contributed by atoms with Gasteiger partial charge in [-0.05, 0) is 103 Å². The monoisotopic (exact) mass is 664 g/mol. The van der Waals surface area contributed by atoms with Crippen LogP contribution in [0.4, 0.5) is 43.9 Å². The van der Waals surface area contributed by atoms with Gasteiger partial charge in [0.25, 0.3) is 0 Å². The number of allylic oxidation sites excluding steroid dienone is 1. The second-order valence-corrected chi connectivity index (χ2v) is 11.4. The average molecular weight is 665 g/mol. The van der Waals surface area contributed by atoms with Gasteiger partial charge in [0.2, 0.25) is 0 Å². The molecule has 0 atom stereocenters. The molecule has 1 aliphatic carbocycles. The molecule has 0 unspecified atom stereocenters. The molecule has 0 aromatic heterocycles. The molecular formula is C36H26F10O. The number of halogens is 10. The molecule has 4 aromatic rings. The first kappa shape index (κ1) is 33.9. The SMILES string of the molecule is C=CCCC1CCC(c2cc(F)c(C(F)(F)Oc3ccc(-c4ccc5c(F)c(C#CC(F)(F)F)c(F)cc5c4)c(F)c3)c(F)c2)CC1. The standard InChI is InChI=1S/C36H26F10O/c1-2-3-4-20-5-7-21(8-6-20)23-16-31(39)33(32(40)17-23)36(45,46)47-25-10-12-26(30(38)19-25)22-9-11-27-24(15-22)18-29(37)28(34(27)41)13-14-35(42,43)44/h2,9-12,15-21H,1,3-8H2. The highest BCUT2D eigenvalue weighted by atomic mass is 19.4. The van der Waals surface area contributed by atoms with Crippen LogP contribution in [0.25, 0.3) is 21.9 Å². The number of ether oxygens (including phenoxy) is 1. The molecule has 246 valence electrons. The maximum absolute atomic E-state index is 15.1. The number of rotatable bonds is 8. The van der Waals surface area contributed by atoms with Gasteiger partial charge in [-0.1, -0.05) is 24.1 Å². The predicted octanol–water partition coefficient (Wildman–Crippen LogP) is 11.5. The van der Waals surface area contributed by atoms with E-state index in [0.29, 0.717) is 24.8 Å². The number of fused-ring (bicyclic) bond motifs is 1. The minimum Gasteiger partial charge on any atom is -0.429 e. The summed E-state index contributed by atoms with van der Waals surface area (Å²) in [6, 6.07) is 8.35. The van der Waals surface area contributed by atoms with E-state index in [1.54, 1.807) is 0 Å². The van der Waals surface area contributed by atoms with Crippen molar-refractivity contribution in [2.45, 2.75) is 56.7 Å². The summed E-state index contributed by atoms with van der Waals surface area (Å²) in [7, 11) is 0. The van der Waals surface area contributed by atoms with E-state index in [0.717, 1.165) is 74.1 Å². The Morgan fingerprint density at radius 1 is 0.787 bits per heavy atom. The summed E-state index contributed by atoms with van der Waals surface area (Å²) in [4.78, 5) is 0. The third-order valence-corrected chi connectivity index (χ3v) is 8.31. The molecule has 47 heavy (non-hydrogen) atoms. The van der Waals surface area contributed by atoms with Crippen LogP contribution >= 0.6 is 0 Å². The molecular weight excluding hydrogens is 638 g/mol. The maximum Gasteiger partial charge on any atom is 0.458 e. The van der Waals surface area contributed by atoms with Gasteiger partial charge in [0, 0.05) is 22.9 Å². The lowest BCUT2D eigenvalue weighted by molar-refractivity contribution is -0.189. The summed E-state index contributed by atoms with van der Waals surface area (Å²) in [6.07, 6.45) is -2.80. The first-order valence-corrected chi connectivity index (χ1v) is 14.7. The lowest BCUT2D eigenvalue weighted by Gasteiger charge is -2.29. The van der Waals surface area contributed by atoms with Crippen LogP contribution in [-0.4, -0.2) is 6.18 Å². The summed E-state index contributed by atoms with van der Waals surface area (Å²) in [6.45, 7) is 3.71. The Labute approximate surface area is 263 Å². The highest BCUT2D eigenvalue weighted by molar-refractivity contribution is 5.89. The van der Waals surface area contributed by atoms with Gasteiger partial charge in [-0.3, -0.25) is 0 Å². The fraction of sp³-hybridized carbons (Fsp3) is 0.278. The van der Waals surface area contributed by atoms with Crippen LogP contribution in [0.15, 0.2) is 67.3 Å². The van der Waals surface area contributed by atoms with E-state index in [4.69, 9.17) is 0 Å². The second kappa shape index (κ2) is 13.3. The van der Waals surface area contributed by atoms with Crippen molar-refractivity contribution in [3.05, 3.63) is 113 Å². The van der Waals surface area contributed by atoms with Crippen molar-refractivity contribution in [1.29, 1.82) is 0 Å². The van der Waals surface area contributed by atoms with Gasteiger partial charge in [-0.15, -0.1) is 6.58 Å². The predicted molar refractivity (Wildman–Crippen MR) is 157 cm³/mol. The van der Waals surface area contributed by atoms with Gasteiger partial charge in [-0.2, -0.15) is 22.0 Å². The molecule has 0 amide bonds. The van der Waals surface area contributed by atoms with Crippen molar-refractivity contribution in [3.63, 3.8) is 0 Å². The quantitative estimate of drug-likeness (QED) is 0.103. The van der Waals surface area contributed by atoms with Crippen molar-refractivity contribution < 1.29 is 48.6 Å². The molecule has 0 spiro atoms. The lowest BCUT2D eigenvalue weighted by atomic mass is 9.77. The zero-order chi connectivity index (χ0) is 34.1. The van der Waals surface area contributed by atoms with Crippen molar-refractivity contribution in [3.8, 4) is 28.7 Å². The Hall–Kier alpha value is -4.46. The molecule has 1 nitrogen and oxygen atoms in total. The van der Waals surface area contributed by atoms with E-state index < -0.39 is 58.2 Å². The van der Waals surface area contributed by atoms with Crippen LogP contribution in [0.2, 0.25) is 0 Å². The molecule has 4 aromatic carbocycles. The van der Waals surface area contributed by atoms with Gasteiger partial charge >= 0.3 is 12.3 Å². The topological polar surface area (TPSA) is 9.23 Å². The van der Waals surface area contributed by atoms with E-state index in [9.17, 15) is 30.7 Å². The summed E-state index contributed by atoms with van der Waals surface area (Å²) in [5.41, 5.74) is -2.63. The average Bonchev–Trinajstić information content (AvgIpc) is 2.98. The van der Waals surface area contributed by atoms with Crippen LogP contribution in [0, 0.1) is 46.8 Å². The number of benzene rings is 4. The summed E-state index contributed by atoms with van der Waals surface area (Å²) in [5.74, 6) is -5.10. The fourth-order valence-electron chi connectivity index (χ4n) is 5.98. The highest BCUT2D eigenvalue weighted by Gasteiger charge is 2.42. The Balaban J connectivity index is 1.35. The molecule has 1 saturated carbocycles. The number of hydrogen-bond acceptors (Lipinski definition) is 1. The van der Waals surface area contributed by atoms with Crippen LogP contribution in [0.3, 0.4) is 0 Å². The Kier molecular flexibility index (Phi) is 9.62. The van der Waals surface area contributed by atoms with Gasteiger partial charge in [-0.25, -0.2) is 22.0 Å². The molecule has 0 bridgehead atoms. The van der Waals surface area contributed by atoms with Crippen LogP contribution in [0.5, 0.6) is 5.75 Å². The molecule has 0 N–H and O–H groups in total. The Bertz CT molecular complexity index is 1850. The largest absolute Gasteiger partial charge is 0.458 e. The molecule has 5 rings (SSSR count). The molecule has 0 radical (unpaired) electrons. The van der Waals surface area contributed by atoms with E-state index >= 15 is 13.2 Å². The fourth-order valence-corrected chi connectivity index (χ4v) is 5.98. The first-order chi connectivity index (χ1) is 22.2. The van der Waals surface area contributed by atoms with Gasteiger partial charge < -0.3 is 4.74 Å². The van der Waals surface area contributed by atoms with Crippen molar-refractivity contribution in [2.75, 3.05) is 0 Å². The van der Waals surface area contributed by atoms with E-state index in [-0.39, 0.29) is 33.4 Å². The molecule has 1 fully saturated rings. The lowest BCUT2D eigenvalue weighted by Crippen LogP contribution is -2.25. The minimum absolute atomic E-state index is 0.0312. The first-order valence-electron chi connectivity index (χ1n) is 14.7. The minimum atomic E-state index is -4.98.